The number of nitrogens with zero attached hydrogens (tertiary/aromatic N) is 2. The lowest BCUT2D eigenvalue weighted by atomic mass is 10.3. The molecule has 4 nitrogen and oxygen atoms in total. The Kier molecular flexibility index (Phi) is 2.69. The first-order chi connectivity index (χ1) is 7.24. The second-order valence-electron chi connectivity index (χ2n) is 2.84. The summed E-state index contributed by atoms with van der Waals surface area (Å²) in [6, 6.07) is 7.01. The van der Waals surface area contributed by atoms with E-state index in [0.717, 1.165) is 0 Å². The molecule has 0 amide bonds. The van der Waals surface area contributed by atoms with Crippen LogP contribution in [0.2, 0.25) is 5.02 Å². The van der Waals surface area contributed by atoms with Crippen molar-refractivity contribution < 1.29 is 4.74 Å². The van der Waals surface area contributed by atoms with Gasteiger partial charge in [0.05, 0.1) is 12.4 Å². The van der Waals surface area contributed by atoms with Gasteiger partial charge in [-0.25, -0.2) is 0 Å². The molecule has 0 atom stereocenters. The maximum absolute atomic E-state index is 5.80. The van der Waals surface area contributed by atoms with Crippen LogP contribution in [-0.4, -0.2) is 9.97 Å². The quantitative estimate of drug-likeness (QED) is 0.847. The summed E-state index contributed by atoms with van der Waals surface area (Å²) in [6.07, 6.45) is 2.93. The molecule has 2 rings (SSSR count). The van der Waals surface area contributed by atoms with Gasteiger partial charge >= 0.3 is 0 Å². The standard InChI is InChI=1S/C10H8ClN3O/c11-7-2-1-3-8(4-7)15-10-6-13-5-9(12)14-10/h1-6H,(H2,12,14). The van der Waals surface area contributed by atoms with Gasteiger partial charge in [0.2, 0.25) is 5.88 Å². The molecule has 0 saturated heterocycles. The Balaban J connectivity index is 2.22. The molecule has 76 valence electrons. The van der Waals surface area contributed by atoms with E-state index in [1.165, 1.54) is 12.4 Å². The first kappa shape index (κ1) is 9.73. The molecular weight excluding hydrogens is 214 g/mol. The topological polar surface area (TPSA) is 61.0 Å². The number of nitrogen functional groups attached to an aromatic ring is 1. The number of aromatic nitrogens is 2. The van der Waals surface area contributed by atoms with Crippen LogP contribution < -0.4 is 10.5 Å². The molecule has 2 N–H and O–H groups in total. The lowest BCUT2D eigenvalue weighted by Crippen LogP contribution is -1.94. The third-order valence-corrected chi connectivity index (χ3v) is 1.88. The highest BCUT2D eigenvalue weighted by molar-refractivity contribution is 6.30. The van der Waals surface area contributed by atoms with E-state index in [2.05, 4.69) is 9.97 Å². The van der Waals surface area contributed by atoms with Crippen molar-refractivity contribution in [3.8, 4) is 11.6 Å². The fraction of sp³-hybridized carbons (Fsp3) is 0. The van der Waals surface area contributed by atoms with Crippen LogP contribution in [0.4, 0.5) is 5.82 Å². The molecule has 1 aromatic carbocycles. The summed E-state index contributed by atoms with van der Waals surface area (Å²) in [7, 11) is 0. The van der Waals surface area contributed by atoms with Gasteiger partial charge in [-0.15, -0.1) is 0 Å². The third-order valence-electron chi connectivity index (χ3n) is 1.65. The predicted octanol–water partition coefficient (Wildman–Crippen LogP) is 2.50. The lowest BCUT2D eigenvalue weighted by Gasteiger charge is -2.04. The SMILES string of the molecule is Nc1cncc(Oc2cccc(Cl)c2)n1. The molecule has 0 unspecified atom stereocenters. The molecule has 0 radical (unpaired) electrons. The fourth-order valence-electron chi connectivity index (χ4n) is 1.06. The smallest absolute Gasteiger partial charge is 0.239 e. The van der Waals surface area contributed by atoms with Gasteiger partial charge in [0.15, 0.2) is 0 Å². The zero-order valence-corrected chi connectivity index (χ0v) is 8.48. The Bertz CT molecular complexity index is 432. The minimum absolute atomic E-state index is 0.314. The van der Waals surface area contributed by atoms with Crippen molar-refractivity contribution in [1.29, 1.82) is 0 Å². The van der Waals surface area contributed by atoms with E-state index in [1.54, 1.807) is 24.3 Å². The molecule has 1 aromatic heterocycles. The van der Waals surface area contributed by atoms with Gasteiger partial charge in [0, 0.05) is 5.02 Å². The second-order valence-corrected chi connectivity index (χ2v) is 3.28. The van der Waals surface area contributed by atoms with Gasteiger partial charge in [-0.1, -0.05) is 17.7 Å². The maximum Gasteiger partial charge on any atom is 0.239 e. The average Bonchev–Trinajstić information content (AvgIpc) is 2.17. The number of benzene rings is 1. The molecule has 0 aliphatic heterocycles. The van der Waals surface area contributed by atoms with Crippen LogP contribution in [-0.2, 0) is 0 Å². The first-order valence-electron chi connectivity index (χ1n) is 4.25. The summed E-state index contributed by atoms with van der Waals surface area (Å²) in [5.74, 6) is 1.26. The molecule has 0 aliphatic rings. The van der Waals surface area contributed by atoms with Crippen molar-refractivity contribution in [2.24, 2.45) is 0 Å². The molecule has 15 heavy (non-hydrogen) atoms. The average molecular weight is 222 g/mol. The third kappa shape index (κ3) is 2.57. The highest BCUT2D eigenvalue weighted by atomic mass is 35.5. The normalized spacial score (nSPS) is 9.93. The van der Waals surface area contributed by atoms with Gasteiger partial charge in [-0.05, 0) is 18.2 Å². The Hall–Kier alpha value is -1.81. The van der Waals surface area contributed by atoms with Crippen molar-refractivity contribution in [2.75, 3.05) is 5.73 Å². The number of ether oxygens (including phenoxy) is 1. The Labute approximate surface area is 91.7 Å². The van der Waals surface area contributed by atoms with E-state index in [1.807, 2.05) is 0 Å². The number of hydrogen-bond acceptors (Lipinski definition) is 4. The molecule has 5 heteroatoms. The Morgan fingerprint density at radius 1 is 1.27 bits per heavy atom. The van der Waals surface area contributed by atoms with Gasteiger partial charge in [0.1, 0.15) is 11.6 Å². The zero-order valence-electron chi connectivity index (χ0n) is 7.72. The summed E-state index contributed by atoms with van der Waals surface area (Å²) >= 11 is 5.80. The largest absolute Gasteiger partial charge is 0.437 e. The summed E-state index contributed by atoms with van der Waals surface area (Å²) in [5, 5.41) is 0.601. The van der Waals surface area contributed by atoms with Crippen LogP contribution in [0, 0.1) is 0 Å². The van der Waals surface area contributed by atoms with Crippen LogP contribution in [0.1, 0.15) is 0 Å². The van der Waals surface area contributed by atoms with Crippen LogP contribution >= 0.6 is 11.6 Å². The first-order valence-corrected chi connectivity index (χ1v) is 4.63. The molecule has 2 aromatic rings. The minimum Gasteiger partial charge on any atom is -0.437 e. The number of nitrogens with two attached hydrogens (primary N) is 1. The molecule has 0 spiro atoms. The zero-order chi connectivity index (χ0) is 10.7. The molecule has 0 bridgehead atoms. The van der Waals surface area contributed by atoms with Gasteiger partial charge in [-0.2, -0.15) is 4.98 Å². The van der Waals surface area contributed by atoms with Gasteiger partial charge in [-0.3, -0.25) is 4.98 Å². The number of anilines is 1. The molecule has 0 saturated carbocycles. The predicted molar refractivity (Wildman–Crippen MR) is 58.0 cm³/mol. The Morgan fingerprint density at radius 3 is 2.87 bits per heavy atom. The van der Waals surface area contributed by atoms with Crippen LogP contribution in [0.3, 0.4) is 0 Å². The highest BCUT2D eigenvalue weighted by Crippen LogP contribution is 2.22. The summed E-state index contributed by atoms with van der Waals surface area (Å²) < 4.78 is 5.40. The van der Waals surface area contributed by atoms with Crippen molar-refractivity contribution in [3.63, 3.8) is 0 Å². The minimum atomic E-state index is 0.314. The lowest BCUT2D eigenvalue weighted by molar-refractivity contribution is 0.461. The van der Waals surface area contributed by atoms with Crippen molar-refractivity contribution in [3.05, 3.63) is 41.7 Å². The summed E-state index contributed by atoms with van der Waals surface area (Å²) in [6.45, 7) is 0. The molecule has 0 fully saturated rings. The Morgan fingerprint density at radius 2 is 2.13 bits per heavy atom. The van der Waals surface area contributed by atoms with Crippen LogP contribution in [0.15, 0.2) is 36.7 Å². The van der Waals surface area contributed by atoms with Crippen LogP contribution in [0.25, 0.3) is 0 Å². The monoisotopic (exact) mass is 221 g/mol. The fourth-order valence-corrected chi connectivity index (χ4v) is 1.24. The van der Waals surface area contributed by atoms with Gasteiger partial charge in [0.25, 0.3) is 0 Å². The van der Waals surface area contributed by atoms with E-state index in [4.69, 9.17) is 22.1 Å². The van der Waals surface area contributed by atoms with Crippen LogP contribution in [0.5, 0.6) is 11.6 Å². The van der Waals surface area contributed by atoms with Crippen molar-refractivity contribution in [1.82, 2.24) is 9.97 Å². The van der Waals surface area contributed by atoms with Crippen molar-refractivity contribution >= 4 is 17.4 Å². The van der Waals surface area contributed by atoms with E-state index >= 15 is 0 Å². The molecular formula is C10H8ClN3O. The highest BCUT2D eigenvalue weighted by Gasteiger charge is 1.99. The van der Waals surface area contributed by atoms with E-state index in [-0.39, 0.29) is 0 Å². The molecule has 0 aliphatic carbocycles. The number of halogens is 1. The van der Waals surface area contributed by atoms with E-state index < -0.39 is 0 Å². The summed E-state index contributed by atoms with van der Waals surface area (Å²) in [5.41, 5.74) is 5.46. The van der Waals surface area contributed by atoms with E-state index in [9.17, 15) is 0 Å². The molecule has 1 heterocycles. The van der Waals surface area contributed by atoms with Crippen molar-refractivity contribution in [2.45, 2.75) is 0 Å². The summed E-state index contributed by atoms with van der Waals surface area (Å²) in [4.78, 5) is 7.81. The van der Waals surface area contributed by atoms with Gasteiger partial charge < -0.3 is 10.5 Å². The number of rotatable bonds is 2. The maximum atomic E-state index is 5.80. The number of hydrogen-bond donors (Lipinski definition) is 1. The van der Waals surface area contributed by atoms with E-state index in [0.29, 0.717) is 22.5 Å². The second kappa shape index (κ2) is 4.14.